The molecule has 0 bridgehead atoms. The zero-order valence-corrected chi connectivity index (χ0v) is 12.3. The van der Waals surface area contributed by atoms with Crippen LogP contribution in [0.25, 0.3) is 0 Å². The van der Waals surface area contributed by atoms with Crippen LogP contribution in [0.2, 0.25) is 0 Å². The van der Waals surface area contributed by atoms with E-state index in [1.165, 1.54) is 38.5 Å². The van der Waals surface area contributed by atoms with E-state index in [4.69, 9.17) is 9.15 Å². The van der Waals surface area contributed by atoms with E-state index in [9.17, 15) is 0 Å². The van der Waals surface area contributed by atoms with Gasteiger partial charge in [-0.3, -0.25) is 0 Å². The predicted octanol–water partition coefficient (Wildman–Crippen LogP) is 4.05. The first-order chi connectivity index (χ1) is 9.35. The predicted molar refractivity (Wildman–Crippen MR) is 77.0 cm³/mol. The number of nitrogens with one attached hydrogen (secondary N) is 1. The topological polar surface area (TPSA) is 34.4 Å². The van der Waals surface area contributed by atoms with E-state index in [1.807, 2.05) is 6.07 Å². The Labute approximate surface area is 116 Å². The molecule has 1 saturated carbocycles. The third kappa shape index (κ3) is 4.08. The van der Waals surface area contributed by atoms with Gasteiger partial charge in [-0.1, -0.05) is 32.6 Å². The molecular weight excluding hydrogens is 238 g/mol. The summed E-state index contributed by atoms with van der Waals surface area (Å²) < 4.78 is 11.1. The molecule has 0 aromatic carbocycles. The van der Waals surface area contributed by atoms with Crippen molar-refractivity contribution in [1.29, 1.82) is 0 Å². The lowest BCUT2D eigenvalue weighted by Gasteiger charge is -2.25. The molecule has 3 nitrogen and oxygen atoms in total. The molecule has 0 radical (unpaired) electrons. The van der Waals surface area contributed by atoms with E-state index in [-0.39, 0.29) is 0 Å². The normalized spacial score (nSPS) is 19.3. The highest BCUT2D eigenvalue weighted by atomic mass is 16.5. The lowest BCUT2D eigenvalue weighted by molar-refractivity contribution is 0.159. The average molecular weight is 265 g/mol. The Kier molecular flexibility index (Phi) is 5.93. The van der Waals surface area contributed by atoms with Gasteiger partial charge in [0.25, 0.3) is 0 Å². The highest BCUT2D eigenvalue weighted by Gasteiger charge is 2.25. The van der Waals surface area contributed by atoms with Crippen LogP contribution in [0.4, 0.5) is 0 Å². The number of ether oxygens (including phenoxy) is 1. The molecule has 2 rings (SSSR count). The summed E-state index contributed by atoms with van der Waals surface area (Å²) >= 11 is 0. The van der Waals surface area contributed by atoms with Crippen molar-refractivity contribution in [2.45, 2.75) is 58.1 Å². The lowest BCUT2D eigenvalue weighted by Crippen LogP contribution is -2.27. The van der Waals surface area contributed by atoms with Crippen LogP contribution < -0.4 is 5.32 Å². The first-order valence-corrected chi connectivity index (χ1v) is 7.66. The summed E-state index contributed by atoms with van der Waals surface area (Å²) in [6.07, 6.45) is 8.14. The summed E-state index contributed by atoms with van der Waals surface area (Å²) in [7, 11) is 1.70. The second-order valence-electron chi connectivity index (χ2n) is 5.52. The van der Waals surface area contributed by atoms with Gasteiger partial charge in [0.15, 0.2) is 0 Å². The molecule has 1 atom stereocenters. The molecule has 1 aliphatic carbocycles. The van der Waals surface area contributed by atoms with Crippen molar-refractivity contribution in [2.75, 3.05) is 13.7 Å². The van der Waals surface area contributed by atoms with Crippen LogP contribution in [0, 0.1) is 5.92 Å². The molecular formula is C16H27NO2. The smallest absolute Gasteiger partial charge is 0.129 e. The van der Waals surface area contributed by atoms with Gasteiger partial charge in [-0.2, -0.15) is 0 Å². The van der Waals surface area contributed by atoms with Crippen molar-refractivity contribution in [2.24, 2.45) is 5.92 Å². The Hall–Kier alpha value is -0.800. The molecule has 1 unspecified atom stereocenters. The molecule has 1 fully saturated rings. The minimum absolute atomic E-state index is 0.369. The molecule has 0 amide bonds. The second-order valence-corrected chi connectivity index (χ2v) is 5.52. The average Bonchev–Trinajstić information content (AvgIpc) is 2.71. The van der Waals surface area contributed by atoms with Gasteiger partial charge in [-0.05, 0) is 37.4 Å². The van der Waals surface area contributed by atoms with E-state index in [0.717, 1.165) is 18.1 Å². The van der Waals surface area contributed by atoms with Crippen LogP contribution in [0.5, 0.6) is 0 Å². The van der Waals surface area contributed by atoms with E-state index in [1.54, 1.807) is 7.11 Å². The first kappa shape index (κ1) is 14.6. The fourth-order valence-electron chi connectivity index (χ4n) is 3.15. The molecule has 0 aliphatic heterocycles. The number of rotatable bonds is 6. The van der Waals surface area contributed by atoms with Crippen molar-refractivity contribution in [3.05, 3.63) is 23.7 Å². The zero-order chi connectivity index (χ0) is 13.5. The third-order valence-corrected chi connectivity index (χ3v) is 4.07. The maximum Gasteiger partial charge on any atom is 0.129 e. The Morgan fingerprint density at radius 1 is 1.26 bits per heavy atom. The van der Waals surface area contributed by atoms with Gasteiger partial charge in [0.05, 0.1) is 6.04 Å². The summed E-state index contributed by atoms with van der Waals surface area (Å²) in [5, 5.41) is 3.62. The summed E-state index contributed by atoms with van der Waals surface area (Å²) in [5.74, 6) is 2.72. The monoisotopic (exact) mass is 265 g/mol. The van der Waals surface area contributed by atoms with Crippen LogP contribution in [0.1, 0.15) is 63.0 Å². The summed E-state index contributed by atoms with van der Waals surface area (Å²) in [6.45, 7) is 3.72. The fraction of sp³-hybridized carbons (Fsp3) is 0.750. The Balaban J connectivity index is 2.08. The molecule has 1 aliphatic rings. The standard InChI is InChI=1S/C16H27NO2/c1-3-17-16(13-8-6-4-5-7-9-13)15-11-10-14(19-15)12-18-2/h10-11,13,16-17H,3-9,12H2,1-2H3. The largest absolute Gasteiger partial charge is 0.462 e. The molecule has 0 saturated heterocycles. The highest BCUT2D eigenvalue weighted by Crippen LogP contribution is 2.34. The van der Waals surface area contributed by atoms with Gasteiger partial charge in [0.1, 0.15) is 18.1 Å². The first-order valence-electron chi connectivity index (χ1n) is 7.66. The van der Waals surface area contributed by atoms with Crippen LogP contribution in [0.3, 0.4) is 0 Å². The van der Waals surface area contributed by atoms with E-state index in [0.29, 0.717) is 18.6 Å². The SMILES string of the molecule is CCNC(c1ccc(COC)o1)C1CCCCCC1. The second kappa shape index (κ2) is 7.71. The van der Waals surface area contributed by atoms with Crippen molar-refractivity contribution in [1.82, 2.24) is 5.32 Å². The lowest BCUT2D eigenvalue weighted by atomic mass is 9.90. The number of methoxy groups -OCH3 is 1. The third-order valence-electron chi connectivity index (χ3n) is 4.07. The van der Waals surface area contributed by atoms with Gasteiger partial charge >= 0.3 is 0 Å². The van der Waals surface area contributed by atoms with Crippen LogP contribution >= 0.6 is 0 Å². The summed E-state index contributed by atoms with van der Waals surface area (Å²) in [5.41, 5.74) is 0. The minimum atomic E-state index is 0.369. The van der Waals surface area contributed by atoms with Crippen molar-refractivity contribution < 1.29 is 9.15 Å². The van der Waals surface area contributed by atoms with E-state index < -0.39 is 0 Å². The van der Waals surface area contributed by atoms with Crippen molar-refractivity contribution in [3.8, 4) is 0 Å². The minimum Gasteiger partial charge on any atom is -0.462 e. The molecule has 0 spiro atoms. The van der Waals surface area contributed by atoms with E-state index in [2.05, 4.69) is 18.3 Å². The fourth-order valence-corrected chi connectivity index (χ4v) is 3.15. The summed E-state index contributed by atoms with van der Waals surface area (Å²) in [6, 6.07) is 4.53. The van der Waals surface area contributed by atoms with Crippen LogP contribution in [-0.2, 0) is 11.3 Å². The van der Waals surface area contributed by atoms with Gasteiger partial charge in [0, 0.05) is 7.11 Å². The maximum absolute atomic E-state index is 5.95. The van der Waals surface area contributed by atoms with Gasteiger partial charge < -0.3 is 14.5 Å². The zero-order valence-electron chi connectivity index (χ0n) is 12.3. The molecule has 3 heteroatoms. The highest BCUT2D eigenvalue weighted by molar-refractivity contribution is 5.11. The molecule has 1 heterocycles. The number of hydrogen-bond donors (Lipinski definition) is 1. The van der Waals surface area contributed by atoms with Crippen molar-refractivity contribution in [3.63, 3.8) is 0 Å². The Morgan fingerprint density at radius 2 is 2.00 bits per heavy atom. The van der Waals surface area contributed by atoms with Gasteiger partial charge in [-0.15, -0.1) is 0 Å². The molecule has 1 aromatic rings. The molecule has 19 heavy (non-hydrogen) atoms. The molecule has 1 N–H and O–H groups in total. The van der Waals surface area contributed by atoms with E-state index >= 15 is 0 Å². The van der Waals surface area contributed by atoms with Gasteiger partial charge in [0.2, 0.25) is 0 Å². The molecule has 108 valence electrons. The van der Waals surface area contributed by atoms with Crippen LogP contribution in [-0.4, -0.2) is 13.7 Å². The van der Waals surface area contributed by atoms with Gasteiger partial charge in [-0.25, -0.2) is 0 Å². The molecule has 1 aromatic heterocycles. The maximum atomic E-state index is 5.95. The number of furan rings is 1. The Morgan fingerprint density at radius 3 is 2.63 bits per heavy atom. The Bertz CT molecular complexity index is 353. The van der Waals surface area contributed by atoms with Crippen molar-refractivity contribution >= 4 is 0 Å². The van der Waals surface area contributed by atoms with Crippen LogP contribution in [0.15, 0.2) is 16.5 Å². The summed E-state index contributed by atoms with van der Waals surface area (Å²) in [4.78, 5) is 0. The quantitative estimate of drug-likeness (QED) is 0.788. The number of hydrogen-bond acceptors (Lipinski definition) is 3.